The molecule has 0 aromatic heterocycles. The van der Waals surface area contributed by atoms with Crippen LogP contribution < -0.4 is 9.47 Å². The average Bonchev–Trinajstić information content (AvgIpc) is 2.26. The molecule has 0 aliphatic rings. The standard InChI is InChI=1S/C10H9NO3/c1-13-9-4-3-7(8(12)6-11)5-10(9)14-2/h3-5H,1-2H3. The zero-order valence-corrected chi connectivity index (χ0v) is 7.90. The lowest BCUT2D eigenvalue weighted by Gasteiger charge is -2.07. The largest absolute Gasteiger partial charge is 0.493 e. The first-order chi connectivity index (χ1) is 6.72. The number of nitriles is 1. The molecule has 4 nitrogen and oxygen atoms in total. The van der Waals surface area contributed by atoms with Gasteiger partial charge in [-0.25, -0.2) is 0 Å². The summed E-state index contributed by atoms with van der Waals surface area (Å²) in [7, 11) is 2.97. The second kappa shape index (κ2) is 4.28. The lowest BCUT2D eigenvalue weighted by Crippen LogP contribution is -1.97. The fourth-order valence-electron chi connectivity index (χ4n) is 1.04. The smallest absolute Gasteiger partial charge is 0.262 e. The van der Waals surface area contributed by atoms with Crippen LogP contribution in [0.4, 0.5) is 0 Å². The van der Waals surface area contributed by atoms with Gasteiger partial charge in [0.25, 0.3) is 5.78 Å². The second-order valence-electron chi connectivity index (χ2n) is 2.51. The molecule has 4 heteroatoms. The van der Waals surface area contributed by atoms with Gasteiger partial charge in [-0.3, -0.25) is 4.79 Å². The maximum absolute atomic E-state index is 11.0. The summed E-state index contributed by atoms with van der Waals surface area (Å²) in [6.07, 6.45) is 0. The van der Waals surface area contributed by atoms with Crippen molar-refractivity contribution in [2.24, 2.45) is 0 Å². The van der Waals surface area contributed by atoms with E-state index in [-0.39, 0.29) is 0 Å². The van der Waals surface area contributed by atoms with Gasteiger partial charge in [-0.05, 0) is 18.2 Å². The van der Waals surface area contributed by atoms with E-state index in [0.717, 1.165) is 0 Å². The molecule has 72 valence electrons. The van der Waals surface area contributed by atoms with Crippen molar-refractivity contribution in [3.05, 3.63) is 23.8 Å². The normalized spacial score (nSPS) is 8.93. The van der Waals surface area contributed by atoms with Crippen molar-refractivity contribution in [1.82, 2.24) is 0 Å². The molecule has 0 heterocycles. The summed E-state index contributed by atoms with van der Waals surface area (Å²) in [6, 6.07) is 6.12. The van der Waals surface area contributed by atoms with E-state index in [0.29, 0.717) is 17.1 Å². The molecular formula is C10H9NO3. The number of Topliss-reactive ketones (excluding diaryl/α,β-unsaturated/α-hetero) is 1. The van der Waals surface area contributed by atoms with Gasteiger partial charge in [0.1, 0.15) is 6.07 Å². The van der Waals surface area contributed by atoms with Gasteiger partial charge in [0.05, 0.1) is 14.2 Å². The predicted molar refractivity (Wildman–Crippen MR) is 49.5 cm³/mol. The summed E-state index contributed by atoms with van der Waals surface area (Å²) < 4.78 is 9.97. The minimum absolute atomic E-state index is 0.296. The molecule has 0 aliphatic carbocycles. The Morgan fingerprint density at radius 3 is 2.43 bits per heavy atom. The quantitative estimate of drug-likeness (QED) is 0.535. The lowest BCUT2D eigenvalue weighted by molar-refractivity contribution is 0.105. The van der Waals surface area contributed by atoms with Gasteiger partial charge in [-0.1, -0.05) is 0 Å². The molecule has 0 bridgehead atoms. The van der Waals surface area contributed by atoms with E-state index in [4.69, 9.17) is 14.7 Å². The topological polar surface area (TPSA) is 59.3 Å². The van der Waals surface area contributed by atoms with Crippen LogP contribution in [0.1, 0.15) is 10.4 Å². The third-order valence-electron chi connectivity index (χ3n) is 1.75. The average molecular weight is 191 g/mol. The van der Waals surface area contributed by atoms with Crippen LogP contribution in [0.25, 0.3) is 0 Å². The first kappa shape index (κ1) is 10.1. The Kier molecular flexibility index (Phi) is 3.08. The van der Waals surface area contributed by atoms with Crippen LogP contribution in [0.15, 0.2) is 18.2 Å². The van der Waals surface area contributed by atoms with Crippen molar-refractivity contribution in [1.29, 1.82) is 5.26 Å². The fourth-order valence-corrected chi connectivity index (χ4v) is 1.04. The highest BCUT2D eigenvalue weighted by Gasteiger charge is 2.09. The van der Waals surface area contributed by atoms with E-state index in [1.165, 1.54) is 32.4 Å². The molecule has 0 fully saturated rings. The number of hydrogen-bond acceptors (Lipinski definition) is 4. The SMILES string of the molecule is COc1ccc(C(=O)C#N)cc1OC. The molecular weight excluding hydrogens is 182 g/mol. The first-order valence-electron chi connectivity index (χ1n) is 3.89. The highest BCUT2D eigenvalue weighted by atomic mass is 16.5. The summed E-state index contributed by atoms with van der Waals surface area (Å²) in [4.78, 5) is 11.0. The number of carbonyl (C=O) groups is 1. The summed E-state index contributed by atoms with van der Waals surface area (Å²) in [6.45, 7) is 0. The molecule has 0 amide bonds. The number of carbonyl (C=O) groups excluding carboxylic acids is 1. The molecule has 1 rings (SSSR count). The van der Waals surface area contributed by atoms with Crippen LogP contribution >= 0.6 is 0 Å². The Bertz CT molecular complexity index is 393. The van der Waals surface area contributed by atoms with E-state index < -0.39 is 5.78 Å². The van der Waals surface area contributed by atoms with Crippen molar-refractivity contribution in [2.45, 2.75) is 0 Å². The predicted octanol–water partition coefficient (Wildman–Crippen LogP) is 1.41. The third kappa shape index (κ3) is 1.83. The highest BCUT2D eigenvalue weighted by Crippen LogP contribution is 2.27. The molecule has 0 radical (unpaired) electrons. The van der Waals surface area contributed by atoms with Gasteiger partial charge in [-0.15, -0.1) is 0 Å². The fraction of sp³-hybridized carbons (Fsp3) is 0.200. The lowest BCUT2D eigenvalue weighted by atomic mass is 10.1. The Hall–Kier alpha value is -2.02. The van der Waals surface area contributed by atoms with Crippen LogP contribution in [0.5, 0.6) is 11.5 Å². The Morgan fingerprint density at radius 1 is 1.29 bits per heavy atom. The molecule has 0 unspecified atom stereocenters. The number of nitrogens with zero attached hydrogens (tertiary/aromatic N) is 1. The van der Waals surface area contributed by atoms with Crippen LogP contribution in [-0.4, -0.2) is 20.0 Å². The van der Waals surface area contributed by atoms with E-state index in [2.05, 4.69) is 0 Å². The van der Waals surface area contributed by atoms with Crippen LogP contribution in [0.2, 0.25) is 0 Å². The molecule has 0 atom stereocenters. The highest BCUT2D eigenvalue weighted by molar-refractivity contribution is 6.07. The third-order valence-corrected chi connectivity index (χ3v) is 1.75. The number of ether oxygens (including phenoxy) is 2. The number of rotatable bonds is 3. The van der Waals surface area contributed by atoms with E-state index in [1.807, 2.05) is 0 Å². The molecule has 0 N–H and O–H groups in total. The number of benzene rings is 1. The minimum Gasteiger partial charge on any atom is -0.493 e. The Labute approximate surface area is 81.7 Å². The van der Waals surface area contributed by atoms with Crippen molar-refractivity contribution < 1.29 is 14.3 Å². The summed E-state index contributed by atoms with van der Waals surface area (Å²) in [5, 5.41) is 8.41. The Morgan fingerprint density at radius 2 is 1.93 bits per heavy atom. The monoisotopic (exact) mass is 191 g/mol. The van der Waals surface area contributed by atoms with Crippen molar-refractivity contribution in [2.75, 3.05) is 14.2 Å². The zero-order chi connectivity index (χ0) is 10.6. The van der Waals surface area contributed by atoms with Gasteiger partial charge >= 0.3 is 0 Å². The summed E-state index contributed by atoms with van der Waals surface area (Å²) >= 11 is 0. The summed E-state index contributed by atoms with van der Waals surface area (Å²) in [5.74, 6) is 0.376. The maximum Gasteiger partial charge on any atom is 0.262 e. The molecule has 1 aromatic rings. The van der Waals surface area contributed by atoms with Crippen molar-refractivity contribution >= 4 is 5.78 Å². The Balaban J connectivity index is 3.15. The number of hydrogen-bond donors (Lipinski definition) is 0. The van der Waals surface area contributed by atoms with E-state index in [9.17, 15) is 4.79 Å². The van der Waals surface area contributed by atoms with Crippen LogP contribution in [0.3, 0.4) is 0 Å². The molecule has 0 spiro atoms. The second-order valence-corrected chi connectivity index (χ2v) is 2.51. The molecule has 0 saturated carbocycles. The van der Waals surface area contributed by atoms with Gasteiger partial charge in [0.15, 0.2) is 11.5 Å². The van der Waals surface area contributed by atoms with Crippen LogP contribution in [0, 0.1) is 11.3 Å². The van der Waals surface area contributed by atoms with Gasteiger partial charge in [0, 0.05) is 5.56 Å². The first-order valence-corrected chi connectivity index (χ1v) is 3.89. The molecule has 0 aliphatic heterocycles. The maximum atomic E-state index is 11.0. The number of ketones is 1. The number of methoxy groups -OCH3 is 2. The van der Waals surface area contributed by atoms with Gasteiger partial charge in [0.2, 0.25) is 0 Å². The van der Waals surface area contributed by atoms with Gasteiger partial charge in [-0.2, -0.15) is 5.26 Å². The molecule has 1 aromatic carbocycles. The van der Waals surface area contributed by atoms with Gasteiger partial charge < -0.3 is 9.47 Å². The summed E-state index contributed by atoms with van der Waals surface area (Å²) in [5.41, 5.74) is 0.296. The van der Waals surface area contributed by atoms with Crippen molar-refractivity contribution in [3.8, 4) is 17.6 Å². The van der Waals surface area contributed by atoms with Crippen molar-refractivity contribution in [3.63, 3.8) is 0 Å². The van der Waals surface area contributed by atoms with E-state index >= 15 is 0 Å². The zero-order valence-electron chi connectivity index (χ0n) is 7.90. The molecule has 0 saturated heterocycles. The minimum atomic E-state index is -0.592. The molecule has 14 heavy (non-hydrogen) atoms. The van der Waals surface area contributed by atoms with E-state index in [1.54, 1.807) is 6.07 Å². The van der Waals surface area contributed by atoms with Crippen LogP contribution in [-0.2, 0) is 0 Å².